The molecular weight excluding hydrogens is 357 g/mol. The van der Waals surface area contributed by atoms with Crippen molar-refractivity contribution < 1.29 is 27.3 Å². The highest BCUT2D eigenvalue weighted by molar-refractivity contribution is 8.32. The zero-order chi connectivity index (χ0) is 18.9. The third-order valence-electron chi connectivity index (χ3n) is 3.26. The van der Waals surface area contributed by atoms with Gasteiger partial charge in [-0.2, -0.15) is 13.2 Å². The molecule has 25 heavy (non-hydrogen) atoms. The van der Waals surface area contributed by atoms with Crippen LogP contribution in [0.2, 0.25) is 0 Å². The first-order valence-electron chi connectivity index (χ1n) is 7.52. The Morgan fingerprint density at radius 1 is 1.28 bits per heavy atom. The molecule has 0 bridgehead atoms. The van der Waals surface area contributed by atoms with Crippen molar-refractivity contribution in [3.05, 3.63) is 41.4 Å². The largest absolute Gasteiger partial charge is 0.418 e. The molecule has 0 aliphatic carbocycles. The van der Waals surface area contributed by atoms with Crippen molar-refractivity contribution in [3.63, 3.8) is 0 Å². The molecule has 0 fully saturated rings. The van der Waals surface area contributed by atoms with Gasteiger partial charge in [-0.15, -0.1) is 0 Å². The lowest BCUT2D eigenvalue weighted by molar-refractivity contribution is -0.137. The van der Waals surface area contributed by atoms with Gasteiger partial charge in [0.15, 0.2) is 0 Å². The number of carbonyl (C=O) groups is 1. The van der Waals surface area contributed by atoms with Crippen molar-refractivity contribution in [1.29, 1.82) is 0 Å². The van der Waals surface area contributed by atoms with E-state index >= 15 is 0 Å². The van der Waals surface area contributed by atoms with Gasteiger partial charge in [-0.1, -0.05) is 0 Å². The van der Waals surface area contributed by atoms with Crippen LogP contribution < -0.4 is 10.6 Å². The van der Waals surface area contributed by atoms with E-state index in [1.165, 1.54) is 18.3 Å². The average molecular weight is 378 g/mol. The van der Waals surface area contributed by atoms with Gasteiger partial charge in [-0.05, 0) is 55.3 Å². The lowest BCUT2D eigenvalue weighted by Gasteiger charge is -2.40. The van der Waals surface area contributed by atoms with Crippen LogP contribution in [-0.2, 0) is 10.4 Å². The van der Waals surface area contributed by atoms with Crippen LogP contribution in [0.1, 0.15) is 26.3 Å². The Morgan fingerprint density at radius 2 is 1.88 bits per heavy atom. The van der Waals surface area contributed by atoms with E-state index in [0.29, 0.717) is 4.90 Å². The van der Waals surface area contributed by atoms with Gasteiger partial charge in [0, 0.05) is 22.0 Å². The van der Waals surface area contributed by atoms with Crippen LogP contribution in [0.25, 0.3) is 0 Å². The van der Waals surface area contributed by atoms with Crippen LogP contribution in [0.5, 0.6) is 0 Å². The van der Waals surface area contributed by atoms with Crippen LogP contribution in [0.3, 0.4) is 0 Å². The third-order valence-corrected chi connectivity index (χ3v) is 6.17. The third kappa shape index (κ3) is 5.05. The molecule has 0 spiro atoms. The fourth-order valence-corrected chi connectivity index (χ4v) is 4.67. The van der Waals surface area contributed by atoms with Gasteiger partial charge in [0.1, 0.15) is 6.23 Å². The number of alkyl halides is 3. The number of aliphatic hydroxyl groups is 1. The van der Waals surface area contributed by atoms with Crippen molar-refractivity contribution in [2.24, 2.45) is 0 Å². The van der Waals surface area contributed by atoms with Crippen LogP contribution >= 0.6 is 10.3 Å². The zero-order valence-corrected chi connectivity index (χ0v) is 14.9. The molecule has 0 saturated carbocycles. The lowest BCUT2D eigenvalue weighted by Crippen LogP contribution is -2.42. The maximum absolute atomic E-state index is 12.8. The fourth-order valence-electron chi connectivity index (χ4n) is 2.22. The Labute approximate surface area is 145 Å². The van der Waals surface area contributed by atoms with Crippen molar-refractivity contribution in [2.45, 2.75) is 43.6 Å². The average Bonchev–Trinajstić information content (AvgIpc) is 2.44. The van der Waals surface area contributed by atoms with Crippen LogP contribution in [0, 0.1) is 0 Å². The Hall–Kier alpha value is -1.87. The van der Waals surface area contributed by atoms with Crippen LogP contribution in [0.4, 0.5) is 18.0 Å². The number of benzene rings is 1. The summed E-state index contributed by atoms with van der Waals surface area (Å²) < 4.78 is 43.9. The van der Waals surface area contributed by atoms with Gasteiger partial charge in [0.25, 0.3) is 0 Å². The molecule has 1 aromatic carbocycles. The Morgan fingerprint density at radius 3 is 2.36 bits per heavy atom. The van der Waals surface area contributed by atoms with E-state index < -0.39 is 39.9 Å². The zero-order valence-electron chi connectivity index (χ0n) is 14.1. The van der Waals surface area contributed by atoms with E-state index in [4.69, 9.17) is 4.18 Å². The first kappa shape index (κ1) is 19.5. The van der Waals surface area contributed by atoms with E-state index in [9.17, 15) is 23.1 Å². The molecule has 0 radical (unpaired) electrons. The number of hydrogen-bond donors (Lipinski definition) is 3. The minimum atomic E-state index is -4.45. The predicted molar refractivity (Wildman–Crippen MR) is 89.8 cm³/mol. The quantitative estimate of drug-likeness (QED) is 0.734. The van der Waals surface area contributed by atoms with E-state index in [-0.39, 0.29) is 5.75 Å². The second-order valence-corrected chi connectivity index (χ2v) is 9.34. The van der Waals surface area contributed by atoms with Crippen molar-refractivity contribution in [1.82, 2.24) is 10.6 Å². The van der Waals surface area contributed by atoms with Gasteiger partial charge in [-0.25, -0.2) is 4.79 Å². The van der Waals surface area contributed by atoms with Crippen molar-refractivity contribution in [2.75, 3.05) is 5.75 Å². The molecule has 5 nitrogen and oxygen atoms in total. The van der Waals surface area contributed by atoms with Crippen LogP contribution in [-0.4, -0.2) is 28.7 Å². The Bertz CT molecular complexity index is 656. The summed E-state index contributed by atoms with van der Waals surface area (Å²) in [5, 5.41) is 16.8. The summed E-state index contributed by atoms with van der Waals surface area (Å²) in [7, 11) is -2.43. The summed E-state index contributed by atoms with van der Waals surface area (Å²) in [5.41, 5.74) is -1.32. The van der Waals surface area contributed by atoms with E-state index in [0.717, 1.165) is 12.1 Å². The van der Waals surface area contributed by atoms with Gasteiger partial charge in [0.2, 0.25) is 0 Å². The first-order valence-corrected chi connectivity index (χ1v) is 9.31. The molecule has 2 unspecified atom stereocenters. The highest BCUT2D eigenvalue weighted by atomic mass is 32.3. The predicted octanol–water partition coefficient (Wildman–Crippen LogP) is 3.70. The summed E-state index contributed by atoms with van der Waals surface area (Å²) >= 11 is 0. The normalized spacial score (nSPS) is 26.3. The van der Waals surface area contributed by atoms with E-state index in [1.54, 1.807) is 26.2 Å². The number of hydrogen-bond acceptors (Lipinski definition) is 4. The highest BCUT2D eigenvalue weighted by Crippen LogP contribution is 2.59. The molecule has 0 saturated heterocycles. The first-order chi connectivity index (χ1) is 11.4. The standard InChI is InChI=1S/C16H21F3N2O3S/c1-15(2,3)21-14(23)24-25(9-8-20-13(22)10-25)12-6-4-11(5-7-12)16(17,18)19/h4-9,13,20,22H,10H2,1-3H3,(H,21,23). The number of rotatable bonds is 2. The van der Waals surface area contributed by atoms with Crippen molar-refractivity contribution in [3.8, 4) is 0 Å². The fraction of sp³-hybridized carbons (Fsp3) is 0.438. The molecule has 0 aromatic heterocycles. The van der Waals surface area contributed by atoms with Gasteiger partial charge in [0.05, 0.1) is 11.3 Å². The highest BCUT2D eigenvalue weighted by Gasteiger charge is 2.36. The molecule has 1 aliphatic heterocycles. The summed E-state index contributed by atoms with van der Waals surface area (Å²) in [5.74, 6) is 0.0480. The molecule has 140 valence electrons. The van der Waals surface area contributed by atoms with Crippen molar-refractivity contribution >= 4 is 16.4 Å². The summed E-state index contributed by atoms with van der Waals surface area (Å²) in [6.07, 6.45) is -4.66. The number of aliphatic hydroxyl groups excluding tert-OH is 1. The maximum atomic E-state index is 12.8. The molecule has 1 heterocycles. The topological polar surface area (TPSA) is 70.6 Å². The number of nitrogens with one attached hydrogen (secondary N) is 2. The molecule has 2 rings (SSSR count). The summed E-state index contributed by atoms with van der Waals surface area (Å²) in [4.78, 5) is 12.6. The lowest BCUT2D eigenvalue weighted by atomic mass is 10.1. The summed E-state index contributed by atoms with van der Waals surface area (Å²) in [6.45, 7) is 5.34. The molecule has 1 aliphatic rings. The van der Waals surface area contributed by atoms with Crippen LogP contribution in [0.15, 0.2) is 40.8 Å². The number of amides is 1. The molecular formula is C16H21F3N2O3S. The van der Waals surface area contributed by atoms with Gasteiger partial charge < -0.3 is 19.9 Å². The number of halogens is 3. The maximum Gasteiger partial charge on any atom is 0.418 e. The second kappa shape index (κ2) is 6.80. The van der Waals surface area contributed by atoms with E-state index in [1.807, 2.05) is 0 Å². The Balaban J connectivity index is 2.35. The van der Waals surface area contributed by atoms with E-state index in [2.05, 4.69) is 10.6 Å². The van der Waals surface area contributed by atoms with Gasteiger partial charge >= 0.3 is 12.3 Å². The molecule has 2 atom stereocenters. The molecule has 1 amide bonds. The SMILES string of the molecule is CC(C)(C)NC(=O)OS1(c2ccc(C(F)(F)F)cc2)C=CNC(O)C1. The minimum absolute atomic E-state index is 0.0480. The molecule has 3 N–H and O–H groups in total. The molecule has 1 aromatic rings. The minimum Gasteiger partial charge on any atom is -0.391 e. The second-order valence-electron chi connectivity index (χ2n) is 6.65. The molecule has 9 heteroatoms. The number of carbonyl (C=O) groups excluding carboxylic acids is 1. The van der Waals surface area contributed by atoms with Gasteiger partial charge in [-0.3, -0.25) is 0 Å². The monoisotopic (exact) mass is 378 g/mol. The Kier molecular flexibility index (Phi) is 5.29. The smallest absolute Gasteiger partial charge is 0.391 e. The summed E-state index contributed by atoms with van der Waals surface area (Å²) in [6, 6.07) is 4.45.